The Hall–Kier alpha value is -4.34. The summed E-state index contributed by atoms with van der Waals surface area (Å²) >= 11 is 0. The van der Waals surface area contributed by atoms with E-state index in [1.165, 1.54) is 36.8 Å². The zero-order chi connectivity index (χ0) is 27.5. The van der Waals surface area contributed by atoms with E-state index in [1.807, 2.05) is 17.0 Å². The minimum atomic E-state index is -0.224. The van der Waals surface area contributed by atoms with Crippen molar-refractivity contribution < 1.29 is 14.3 Å². The third-order valence-corrected chi connectivity index (χ3v) is 8.04. The fraction of sp³-hybridized carbons (Fsp3) is 0.400. The number of aromatic amines is 1. The van der Waals surface area contributed by atoms with Crippen molar-refractivity contribution in [3.05, 3.63) is 83.2 Å². The smallest absolute Gasteiger partial charge is 0.253 e. The van der Waals surface area contributed by atoms with E-state index in [-0.39, 0.29) is 23.3 Å². The second-order valence-corrected chi connectivity index (χ2v) is 10.7. The van der Waals surface area contributed by atoms with Crippen molar-refractivity contribution in [3.8, 4) is 11.4 Å². The van der Waals surface area contributed by atoms with Crippen LogP contribution in [0.1, 0.15) is 94.8 Å². The van der Waals surface area contributed by atoms with Gasteiger partial charge in [-0.25, -0.2) is 9.67 Å². The van der Waals surface area contributed by atoms with Gasteiger partial charge < -0.3 is 9.64 Å². The Kier molecular flexibility index (Phi) is 7.39. The topological polar surface area (TPSA) is 119 Å². The maximum Gasteiger partial charge on any atom is 0.253 e. The summed E-state index contributed by atoms with van der Waals surface area (Å²) < 4.78 is 6.69. The minimum Gasteiger partial charge on any atom is -0.497 e. The van der Waals surface area contributed by atoms with Gasteiger partial charge in [-0.15, -0.1) is 5.10 Å². The highest BCUT2D eigenvalue weighted by Gasteiger charge is 2.29. The Morgan fingerprint density at radius 1 is 0.900 bits per heavy atom. The third-order valence-electron chi connectivity index (χ3n) is 8.04. The number of likely N-dealkylation sites (tertiary alicyclic amines) is 1. The van der Waals surface area contributed by atoms with Crippen molar-refractivity contribution >= 4 is 11.7 Å². The molecular formula is C30H33N7O3. The number of hydrogen-bond donors (Lipinski definition) is 1. The Morgan fingerprint density at radius 3 is 2.38 bits per heavy atom. The molecule has 6 rings (SSSR count). The summed E-state index contributed by atoms with van der Waals surface area (Å²) in [5.74, 6) is 2.91. The lowest BCUT2D eigenvalue weighted by atomic mass is 9.89. The quantitative estimate of drug-likeness (QED) is 0.338. The summed E-state index contributed by atoms with van der Waals surface area (Å²) in [6.45, 7) is 1.33. The first-order valence-electron chi connectivity index (χ1n) is 14.0. The van der Waals surface area contributed by atoms with E-state index in [4.69, 9.17) is 9.72 Å². The molecule has 1 saturated carbocycles. The molecule has 0 spiro atoms. The molecule has 3 heterocycles. The van der Waals surface area contributed by atoms with Gasteiger partial charge in [0.25, 0.3) is 5.91 Å². The lowest BCUT2D eigenvalue weighted by Crippen LogP contribution is -2.39. The van der Waals surface area contributed by atoms with Crippen molar-refractivity contribution in [2.75, 3.05) is 20.2 Å². The van der Waals surface area contributed by atoms with Crippen LogP contribution in [0.25, 0.3) is 5.69 Å². The van der Waals surface area contributed by atoms with Crippen molar-refractivity contribution in [1.29, 1.82) is 0 Å². The molecule has 2 aromatic carbocycles. The van der Waals surface area contributed by atoms with Crippen LogP contribution in [0.2, 0.25) is 0 Å². The Balaban J connectivity index is 1.10. The molecule has 4 aromatic rings. The molecule has 0 bridgehead atoms. The number of hydrogen-bond acceptors (Lipinski definition) is 7. The number of carbonyl (C=O) groups excluding carboxylic acids is 2. The second-order valence-electron chi connectivity index (χ2n) is 10.7. The summed E-state index contributed by atoms with van der Waals surface area (Å²) in [7, 11) is 1.58. The monoisotopic (exact) mass is 539 g/mol. The number of amides is 1. The summed E-state index contributed by atoms with van der Waals surface area (Å²) in [4.78, 5) is 32.9. The first kappa shape index (κ1) is 25.9. The number of carbonyl (C=O) groups is 2. The van der Waals surface area contributed by atoms with Crippen LogP contribution >= 0.6 is 0 Å². The number of aromatic nitrogens is 6. The van der Waals surface area contributed by atoms with Crippen LogP contribution in [0.3, 0.4) is 0 Å². The second kappa shape index (κ2) is 11.4. The number of nitrogens with one attached hydrogen (secondary N) is 1. The minimum absolute atomic E-state index is 0.00625. The van der Waals surface area contributed by atoms with Gasteiger partial charge in [-0.05, 0) is 74.2 Å². The van der Waals surface area contributed by atoms with E-state index >= 15 is 0 Å². The van der Waals surface area contributed by atoms with Gasteiger partial charge in [0.15, 0.2) is 11.5 Å². The molecule has 10 heteroatoms. The van der Waals surface area contributed by atoms with Crippen LogP contribution in [0.4, 0.5) is 0 Å². The third kappa shape index (κ3) is 5.38. The Labute approximate surface area is 232 Å². The standard InChI is InChI=1S/C30H33N7O3/c1-40-25-15-11-20(12-16-25)27(38)26-19-37(35-32-26)24-13-9-22(10-14-24)30(39)36-17-5-8-23(18-36)29-31-28(33-34-29)21-6-3-2-4-7-21/h9-16,19,21,23H,2-8,17-18H2,1H3,(H,31,33,34). The maximum absolute atomic E-state index is 13.4. The molecule has 1 saturated heterocycles. The molecule has 1 unspecified atom stereocenters. The number of methoxy groups -OCH3 is 1. The number of piperidine rings is 1. The average molecular weight is 540 g/mol. The number of H-pyrrole nitrogens is 1. The van der Waals surface area contributed by atoms with Crippen molar-refractivity contribution in [1.82, 2.24) is 35.1 Å². The lowest BCUT2D eigenvalue weighted by molar-refractivity contribution is 0.0704. The molecule has 1 aliphatic carbocycles. The van der Waals surface area contributed by atoms with Crippen LogP contribution in [0.5, 0.6) is 5.75 Å². The predicted octanol–water partition coefficient (Wildman–Crippen LogP) is 4.69. The van der Waals surface area contributed by atoms with Gasteiger partial charge in [-0.2, -0.15) is 5.10 Å². The highest BCUT2D eigenvalue weighted by molar-refractivity contribution is 6.07. The zero-order valence-corrected chi connectivity index (χ0v) is 22.6. The number of nitrogens with zero attached hydrogens (tertiary/aromatic N) is 6. The number of benzene rings is 2. The number of ether oxygens (including phenoxy) is 1. The molecule has 1 N–H and O–H groups in total. The van der Waals surface area contributed by atoms with E-state index in [0.29, 0.717) is 35.0 Å². The summed E-state index contributed by atoms with van der Waals surface area (Å²) in [5, 5.41) is 15.9. The Morgan fingerprint density at radius 2 is 1.62 bits per heavy atom. The molecule has 2 aromatic heterocycles. The van der Waals surface area contributed by atoms with Gasteiger partial charge >= 0.3 is 0 Å². The van der Waals surface area contributed by atoms with Crippen LogP contribution in [-0.2, 0) is 0 Å². The highest BCUT2D eigenvalue weighted by atomic mass is 16.5. The number of rotatable bonds is 7. The first-order valence-corrected chi connectivity index (χ1v) is 14.0. The highest BCUT2D eigenvalue weighted by Crippen LogP contribution is 2.32. The molecule has 1 aliphatic heterocycles. The zero-order valence-electron chi connectivity index (χ0n) is 22.6. The summed E-state index contributed by atoms with van der Waals surface area (Å²) in [6, 6.07) is 14.1. The van der Waals surface area contributed by atoms with E-state index in [1.54, 1.807) is 49.7 Å². The Bertz CT molecular complexity index is 1470. The van der Waals surface area contributed by atoms with Gasteiger partial charge in [0.2, 0.25) is 5.78 Å². The maximum atomic E-state index is 13.4. The van der Waals surface area contributed by atoms with Gasteiger partial charge in [0, 0.05) is 36.1 Å². The lowest BCUT2D eigenvalue weighted by Gasteiger charge is -2.31. The molecule has 40 heavy (non-hydrogen) atoms. The van der Waals surface area contributed by atoms with Gasteiger partial charge in [-0.1, -0.05) is 24.5 Å². The molecule has 1 atom stereocenters. The van der Waals surface area contributed by atoms with Crippen LogP contribution in [-0.4, -0.2) is 67.0 Å². The molecular weight excluding hydrogens is 506 g/mol. The van der Waals surface area contributed by atoms with Gasteiger partial charge in [-0.3, -0.25) is 14.7 Å². The first-order chi connectivity index (χ1) is 19.6. The molecule has 2 aliphatic rings. The van der Waals surface area contributed by atoms with E-state index in [0.717, 1.165) is 31.0 Å². The van der Waals surface area contributed by atoms with Crippen molar-refractivity contribution in [2.45, 2.75) is 56.8 Å². The molecule has 2 fully saturated rings. The van der Waals surface area contributed by atoms with Crippen LogP contribution < -0.4 is 4.74 Å². The fourth-order valence-electron chi connectivity index (χ4n) is 5.73. The van der Waals surface area contributed by atoms with Crippen LogP contribution in [0.15, 0.2) is 54.7 Å². The van der Waals surface area contributed by atoms with Crippen molar-refractivity contribution in [3.63, 3.8) is 0 Å². The fourth-order valence-corrected chi connectivity index (χ4v) is 5.73. The average Bonchev–Trinajstić information content (AvgIpc) is 3.72. The molecule has 0 radical (unpaired) electrons. The summed E-state index contributed by atoms with van der Waals surface area (Å²) in [5.41, 5.74) is 2.06. The molecule has 206 valence electrons. The van der Waals surface area contributed by atoms with E-state index < -0.39 is 0 Å². The van der Waals surface area contributed by atoms with Gasteiger partial charge in [0.05, 0.1) is 19.0 Å². The SMILES string of the molecule is COc1ccc(C(=O)c2cn(-c3ccc(C(=O)N4CCCC(c5n[nH]c(C6CCCCC6)n5)C4)cc3)nn2)cc1. The van der Waals surface area contributed by atoms with E-state index in [2.05, 4.69) is 20.5 Å². The van der Waals surface area contributed by atoms with Crippen molar-refractivity contribution in [2.24, 2.45) is 0 Å². The van der Waals surface area contributed by atoms with Crippen LogP contribution in [0, 0.1) is 0 Å². The largest absolute Gasteiger partial charge is 0.497 e. The molecule has 10 nitrogen and oxygen atoms in total. The number of ketones is 1. The van der Waals surface area contributed by atoms with E-state index in [9.17, 15) is 9.59 Å². The van der Waals surface area contributed by atoms with Gasteiger partial charge in [0.1, 0.15) is 11.6 Å². The predicted molar refractivity (Wildman–Crippen MR) is 148 cm³/mol. The molecule has 1 amide bonds. The summed E-state index contributed by atoms with van der Waals surface area (Å²) in [6.07, 6.45) is 9.67. The normalized spacial score (nSPS) is 18.0.